The van der Waals surface area contributed by atoms with E-state index in [1.807, 2.05) is 17.0 Å². The van der Waals surface area contributed by atoms with Gasteiger partial charge in [0.15, 0.2) is 0 Å². The molecule has 30 heavy (non-hydrogen) atoms. The molecule has 1 aliphatic heterocycles. The van der Waals surface area contributed by atoms with E-state index in [0.29, 0.717) is 12.3 Å². The zero-order valence-electron chi connectivity index (χ0n) is 19.2. The van der Waals surface area contributed by atoms with Crippen LogP contribution in [0.3, 0.4) is 0 Å². The summed E-state index contributed by atoms with van der Waals surface area (Å²) in [5.74, 6) is 1.05. The summed E-state index contributed by atoms with van der Waals surface area (Å²) >= 11 is 0. The molecule has 0 bridgehead atoms. The van der Waals surface area contributed by atoms with Crippen LogP contribution in [0.4, 0.5) is 11.4 Å². The number of hydrogen-bond donors (Lipinski definition) is 1. The van der Waals surface area contributed by atoms with E-state index in [1.165, 1.54) is 12.8 Å². The van der Waals surface area contributed by atoms with Crippen molar-refractivity contribution in [2.75, 3.05) is 36.4 Å². The fourth-order valence-electron chi connectivity index (χ4n) is 4.95. The topological polar surface area (TPSA) is 52.7 Å². The van der Waals surface area contributed by atoms with Gasteiger partial charge in [-0.05, 0) is 54.9 Å². The number of benzene rings is 1. The predicted molar refractivity (Wildman–Crippen MR) is 124 cm³/mol. The average molecular weight is 414 g/mol. The Morgan fingerprint density at radius 3 is 2.20 bits per heavy atom. The fraction of sp³-hybridized carbons (Fsp3) is 0.680. The number of piperazine rings is 1. The quantitative estimate of drug-likeness (QED) is 0.720. The Hall–Kier alpha value is -2.04. The van der Waals surface area contributed by atoms with Gasteiger partial charge in [0.25, 0.3) is 0 Å². The van der Waals surface area contributed by atoms with Crippen molar-refractivity contribution in [1.29, 1.82) is 0 Å². The molecule has 5 nitrogen and oxygen atoms in total. The van der Waals surface area contributed by atoms with Crippen LogP contribution in [0.5, 0.6) is 0 Å². The number of carbonyl (C=O) groups is 2. The van der Waals surface area contributed by atoms with E-state index in [9.17, 15) is 9.59 Å². The second-order valence-corrected chi connectivity index (χ2v) is 10.5. The summed E-state index contributed by atoms with van der Waals surface area (Å²) in [6.07, 6.45) is 6.08. The molecule has 1 saturated carbocycles. The summed E-state index contributed by atoms with van der Waals surface area (Å²) in [6.45, 7) is 12.2. The second kappa shape index (κ2) is 9.84. The van der Waals surface area contributed by atoms with Crippen molar-refractivity contribution in [2.45, 2.75) is 66.2 Å². The van der Waals surface area contributed by atoms with Gasteiger partial charge in [-0.2, -0.15) is 0 Å². The number of anilines is 2. The van der Waals surface area contributed by atoms with Crippen LogP contribution in [-0.4, -0.2) is 42.9 Å². The molecule has 2 aliphatic rings. The van der Waals surface area contributed by atoms with Crippen molar-refractivity contribution in [2.24, 2.45) is 17.3 Å². The Morgan fingerprint density at radius 2 is 1.63 bits per heavy atom. The van der Waals surface area contributed by atoms with Crippen molar-refractivity contribution >= 4 is 23.2 Å². The average Bonchev–Trinajstić information content (AvgIpc) is 3.22. The predicted octanol–water partition coefficient (Wildman–Crippen LogP) is 4.93. The first-order valence-corrected chi connectivity index (χ1v) is 11.6. The van der Waals surface area contributed by atoms with Gasteiger partial charge in [0.05, 0.1) is 0 Å². The van der Waals surface area contributed by atoms with E-state index in [0.717, 1.165) is 56.8 Å². The van der Waals surface area contributed by atoms with Crippen molar-refractivity contribution < 1.29 is 9.59 Å². The fourth-order valence-corrected chi connectivity index (χ4v) is 4.95. The molecule has 3 rings (SSSR count). The van der Waals surface area contributed by atoms with Crippen LogP contribution in [-0.2, 0) is 9.59 Å². The van der Waals surface area contributed by atoms with Crippen LogP contribution in [0, 0.1) is 17.3 Å². The highest BCUT2D eigenvalue weighted by Gasteiger charge is 2.25. The Kier molecular flexibility index (Phi) is 7.43. The molecule has 0 unspecified atom stereocenters. The SMILES string of the molecule is C[C@H](CC(=O)N1CCN(c2ccc(NC(=O)C3CCCC3)cc2)CC1)CC(C)(C)C. The molecule has 1 aliphatic carbocycles. The summed E-state index contributed by atoms with van der Waals surface area (Å²) in [5.41, 5.74) is 2.29. The molecule has 1 aromatic rings. The minimum absolute atomic E-state index is 0.160. The van der Waals surface area contributed by atoms with Crippen LogP contribution in [0.15, 0.2) is 24.3 Å². The Bertz CT molecular complexity index is 709. The molecular formula is C25H39N3O2. The lowest BCUT2D eigenvalue weighted by Crippen LogP contribution is -2.49. The van der Waals surface area contributed by atoms with Crippen LogP contribution in [0.25, 0.3) is 0 Å². The highest BCUT2D eigenvalue weighted by atomic mass is 16.2. The van der Waals surface area contributed by atoms with Crippen molar-refractivity contribution in [3.05, 3.63) is 24.3 Å². The molecule has 1 aromatic carbocycles. The minimum atomic E-state index is 0.160. The maximum absolute atomic E-state index is 12.7. The summed E-state index contributed by atoms with van der Waals surface area (Å²) < 4.78 is 0. The van der Waals surface area contributed by atoms with Gasteiger partial charge in [0, 0.05) is 49.9 Å². The van der Waals surface area contributed by atoms with E-state index in [-0.39, 0.29) is 23.1 Å². The first-order chi connectivity index (χ1) is 14.2. The lowest BCUT2D eigenvalue weighted by molar-refractivity contribution is -0.132. The molecule has 0 radical (unpaired) electrons. The molecule has 0 spiro atoms. The van der Waals surface area contributed by atoms with Gasteiger partial charge in [-0.15, -0.1) is 0 Å². The molecular weight excluding hydrogens is 374 g/mol. The molecule has 1 atom stereocenters. The van der Waals surface area contributed by atoms with Gasteiger partial charge in [-0.1, -0.05) is 40.5 Å². The maximum atomic E-state index is 12.7. The Morgan fingerprint density at radius 1 is 1.03 bits per heavy atom. The van der Waals surface area contributed by atoms with Crippen LogP contribution in [0.2, 0.25) is 0 Å². The van der Waals surface area contributed by atoms with E-state index >= 15 is 0 Å². The molecule has 1 saturated heterocycles. The van der Waals surface area contributed by atoms with Crippen LogP contribution >= 0.6 is 0 Å². The Balaban J connectivity index is 1.45. The van der Waals surface area contributed by atoms with Gasteiger partial charge in [0.1, 0.15) is 0 Å². The van der Waals surface area contributed by atoms with E-state index in [4.69, 9.17) is 0 Å². The zero-order chi connectivity index (χ0) is 21.7. The van der Waals surface area contributed by atoms with Gasteiger partial charge in [-0.3, -0.25) is 9.59 Å². The second-order valence-electron chi connectivity index (χ2n) is 10.5. The summed E-state index contributed by atoms with van der Waals surface area (Å²) in [6, 6.07) is 8.14. The molecule has 2 fully saturated rings. The van der Waals surface area contributed by atoms with Crippen LogP contribution in [0.1, 0.15) is 66.2 Å². The van der Waals surface area contributed by atoms with Crippen molar-refractivity contribution in [3.63, 3.8) is 0 Å². The molecule has 5 heteroatoms. The minimum Gasteiger partial charge on any atom is -0.368 e. The maximum Gasteiger partial charge on any atom is 0.227 e. The normalized spacial score (nSPS) is 19.1. The van der Waals surface area contributed by atoms with E-state index in [1.54, 1.807) is 0 Å². The lowest BCUT2D eigenvalue weighted by atomic mass is 9.84. The van der Waals surface area contributed by atoms with Crippen LogP contribution < -0.4 is 10.2 Å². The summed E-state index contributed by atoms with van der Waals surface area (Å²) in [7, 11) is 0. The number of nitrogens with one attached hydrogen (secondary N) is 1. The first kappa shape index (κ1) is 22.6. The van der Waals surface area contributed by atoms with Gasteiger partial charge >= 0.3 is 0 Å². The monoisotopic (exact) mass is 413 g/mol. The lowest BCUT2D eigenvalue weighted by Gasteiger charge is -2.37. The van der Waals surface area contributed by atoms with Gasteiger partial charge in [0.2, 0.25) is 11.8 Å². The largest absolute Gasteiger partial charge is 0.368 e. The molecule has 166 valence electrons. The van der Waals surface area contributed by atoms with Crippen molar-refractivity contribution in [3.8, 4) is 0 Å². The molecule has 0 aromatic heterocycles. The van der Waals surface area contributed by atoms with E-state index < -0.39 is 0 Å². The summed E-state index contributed by atoms with van der Waals surface area (Å²) in [5, 5.41) is 3.06. The zero-order valence-corrected chi connectivity index (χ0v) is 19.2. The third kappa shape index (κ3) is 6.48. The number of nitrogens with zero attached hydrogens (tertiary/aromatic N) is 2. The number of hydrogen-bond acceptors (Lipinski definition) is 3. The highest BCUT2D eigenvalue weighted by molar-refractivity contribution is 5.92. The van der Waals surface area contributed by atoms with Gasteiger partial charge in [-0.25, -0.2) is 0 Å². The standard InChI is InChI=1S/C25H39N3O2/c1-19(18-25(2,3)4)17-23(29)28-15-13-27(14-16-28)22-11-9-21(10-12-22)26-24(30)20-7-5-6-8-20/h9-12,19-20H,5-8,13-18H2,1-4H3,(H,26,30)/t19-/m1/s1. The summed E-state index contributed by atoms with van der Waals surface area (Å²) in [4.78, 5) is 29.3. The first-order valence-electron chi connectivity index (χ1n) is 11.6. The molecule has 1 heterocycles. The van der Waals surface area contributed by atoms with Crippen molar-refractivity contribution in [1.82, 2.24) is 4.90 Å². The Labute approximate surface area is 182 Å². The van der Waals surface area contributed by atoms with Gasteiger partial charge < -0.3 is 15.1 Å². The smallest absolute Gasteiger partial charge is 0.227 e. The number of amides is 2. The highest BCUT2D eigenvalue weighted by Crippen LogP contribution is 2.28. The third-order valence-electron chi connectivity index (χ3n) is 6.34. The number of carbonyl (C=O) groups excluding carboxylic acids is 2. The third-order valence-corrected chi connectivity index (χ3v) is 6.34. The molecule has 2 amide bonds. The molecule has 1 N–H and O–H groups in total. The number of rotatable bonds is 6. The van der Waals surface area contributed by atoms with E-state index in [2.05, 4.69) is 50.0 Å².